The normalized spacial score (nSPS) is 28.0. The summed E-state index contributed by atoms with van der Waals surface area (Å²) >= 11 is 0. The summed E-state index contributed by atoms with van der Waals surface area (Å²) in [7, 11) is 0. The van der Waals surface area contributed by atoms with Gasteiger partial charge in [-0.15, -0.1) is 0 Å². The molecule has 1 rings (SSSR count). The van der Waals surface area contributed by atoms with Crippen molar-refractivity contribution in [3.05, 3.63) is 36.5 Å². The van der Waals surface area contributed by atoms with Crippen molar-refractivity contribution in [2.24, 2.45) is 0 Å². The van der Waals surface area contributed by atoms with Crippen LogP contribution in [0.15, 0.2) is 36.5 Å². The van der Waals surface area contributed by atoms with E-state index in [1.54, 1.807) is 0 Å². The molecule has 12 heavy (non-hydrogen) atoms. The molecule has 0 aromatic carbocycles. The smallest absolute Gasteiger partial charge is 0.0348 e. The van der Waals surface area contributed by atoms with Crippen LogP contribution in [0.4, 0.5) is 0 Å². The van der Waals surface area contributed by atoms with Crippen molar-refractivity contribution >= 4 is 0 Å². The zero-order valence-electron chi connectivity index (χ0n) is 7.71. The first-order chi connectivity index (χ1) is 6.00. The number of hydrogen-bond donors (Lipinski definition) is 0. The fraction of sp³-hybridized carbons (Fsp3) is 0.500. The molecule has 0 amide bonds. The van der Waals surface area contributed by atoms with Crippen molar-refractivity contribution in [1.29, 1.82) is 0 Å². The Morgan fingerprint density at radius 2 is 1.00 bits per heavy atom. The SMILES string of the molecule is C1=C\CCCCCC/C=C/C=C/1. The number of hydrogen-bond acceptors (Lipinski definition) is 0. The summed E-state index contributed by atoms with van der Waals surface area (Å²) < 4.78 is 0. The molecule has 0 atom stereocenters. The molecule has 0 unspecified atom stereocenters. The molecule has 0 saturated heterocycles. The van der Waals surface area contributed by atoms with Crippen molar-refractivity contribution in [2.45, 2.75) is 38.5 Å². The Labute approximate surface area is 75.7 Å². The highest BCUT2D eigenvalue weighted by molar-refractivity contribution is 5.11. The first kappa shape index (κ1) is 9.31. The lowest BCUT2D eigenvalue weighted by Gasteiger charge is -1.96. The van der Waals surface area contributed by atoms with Crippen LogP contribution in [0.2, 0.25) is 0 Å². The highest BCUT2D eigenvalue weighted by Crippen LogP contribution is 2.07. The van der Waals surface area contributed by atoms with E-state index in [4.69, 9.17) is 0 Å². The van der Waals surface area contributed by atoms with E-state index in [1.165, 1.54) is 38.5 Å². The van der Waals surface area contributed by atoms with Crippen molar-refractivity contribution in [3.8, 4) is 0 Å². The predicted molar refractivity (Wildman–Crippen MR) is 55.1 cm³/mol. The van der Waals surface area contributed by atoms with Crippen LogP contribution in [0.25, 0.3) is 0 Å². The lowest BCUT2D eigenvalue weighted by Crippen LogP contribution is -1.77. The van der Waals surface area contributed by atoms with E-state index in [2.05, 4.69) is 36.5 Å². The van der Waals surface area contributed by atoms with E-state index in [0.29, 0.717) is 0 Å². The summed E-state index contributed by atoms with van der Waals surface area (Å²) in [5, 5.41) is 0. The quantitative estimate of drug-likeness (QED) is 0.505. The molecule has 0 heterocycles. The standard InChI is InChI=1S/C12H18/c1-2-4-6-8-10-12-11-9-7-5-3-1/h1-6H,7-12H2/b2-1+,5-3-,6-4+. The maximum atomic E-state index is 2.26. The molecule has 1 aliphatic rings. The second kappa shape index (κ2) is 6.90. The molecule has 66 valence electrons. The zero-order chi connectivity index (χ0) is 8.49. The van der Waals surface area contributed by atoms with Crippen molar-refractivity contribution < 1.29 is 0 Å². The van der Waals surface area contributed by atoms with Crippen molar-refractivity contribution in [3.63, 3.8) is 0 Å². The van der Waals surface area contributed by atoms with Crippen LogP contribution in [-0.2, 0) is 0 Å². The van der Waals surface area contributed by atoms with Gasteiger partial charge in [-0.25, -0.2) is 0 Å². The van der Waals surface area contributed by atoms with Crippen molar-refractivity contribution in [1.82, 2.24) is 0 Å². The molecule has 0 spiro atoms. The summed E-state index contributed by atoms with van der Waals surface area (Å²) in [6.45, 7) is 0. The van der Waals surface area contributed by atoms with Gasteiger partial charge in [-0.3, -0.25) is 0 Å². The van der Waals surface area contributed by atoms with Crippen molar-refractivity contribution in [2.75, 3.05) is 0 Å². The highest BCUT2D eigenvalue weighted by atomic mass is 13.9. The Morgan fingerprint density at radius 3 is 1.50 bits per heavy atom. The van der Waals surface area contributed by atoms with E-state index in [9.17, 15) is 0 Å². The fourth-order valence-electron chi connectivity index (χ4n) is 1.36. The first-order valence-corrected chi connectivity index (χ1v) is 4.98. The average molecular weight is 162 g/mol. The summed E-state index contributed by atoms with van der Waals surface area (Å²) in [6.07, 6.45) is 21.0. The molecule has 0 fully saturated rings. The highest BCUT2D eigenvalue weighted by Gasteiger charge is 1.87. The molecule has 0 nitrogen and oxygen atoms in total. The van der Waals surface area contributed by atoms with E-state index >= 15 is 0 Å². The predicted octanol–water partition coefficient (Wildman–Crippen LogP) is 4.01. The maximum Gasteiger partial charge on any atom is -0.0348 e. The summed E-state index contributed by atoms with van der Waals surface area (Å²) in [4.78, 5) is 0. The van der Waals surface area contributed by atoms with Gasteiger partial charge in [-0.2, -0.15) is 0 Å². The van der Waals surface area contributed by atoms with E-state index in [1.807, 2.05) is 0 Å². The van der Waals surface area contributed by atoms with E-state index in [-0.39, 0.29) is 0 Å². The lowest BCUT2D eigenvalue weighted by molar-refractivity contribution is 0.652. The van der Waals surface area contributed by atoms with Gasteiger partial charge in [0, 0.05) is 0 Å². The molecule has 0 bridgehead atoms. The second-order valence-corrected chi connectivity index (χ2v) is 3.23. The van der Waals surface area contributed by atoms with Crippen LogP contribution in [0.1, 0.15) is 38.5 Å². The van der Waals surface area contributed by atoms with Gasteiger partial charge in [0.05, 0.1) is 0 Å². The Bertz CT molecular complexity index is 152. The van der Waals surface area contributed by atoms with Gasteiger partial charge in [0.2, 0.25) is 0 Å². The Hall–Kier alpha value is -0.780. The minimum atomic E-state index is 1.24. The third-order valence-electron chi connectivity index (χ3n) is 2.10. The van der Waals surface area contributed by atoms with Crippen LogP contribution in [0, 0.1) is 0 Å². The molecule has 0 radical (unpaired) electrons. The molecule has 0 aromatic rings. The van der Waals surface area contributed by atoms with E-state index < -0.39 is 0 Å². The Morgan fingerprint density at radius 1 is 0.500 bits per heavy atom. The molecule has 0 aromatic heterocycles. The summed E-state index contributed by atoms with van der Waals surface area (Å²) in [5.41, 5.74) is 0. The Kier molecular flexibility index (Phi) is 5.35. The zero-order valence-corrected chi connectivity index (χ0v) is 7.71. The minimum absolute atomic E-state index is 1.24. The largest absolute Gasteiger partial charge is 0.0845 e. The van der Waals surface area contributed by atoms with Crippen LogP contribution in [0.3, 0.4) is 0 Å². The molecular formula is C12H18. The van der Waals surface area contributed by atoms with E-state index in [0.717, 1.165) is 0 Å². The minimum Gasteiger partial charge on any atom is -0.0845 e. The molecule has 1 aliphatic carbocycles. The van der Waals surface area contributed by atoms with Crippen LogP contribution < -0.4 is 0 Å². The molecule has 0 N–H and O–H groups in total. The van der Waals surface area contributed by atoms with Gasteiger partial charge in [-0.05, 0) is 25.7 Å². The van der Waals surface area contributed by atoms with Gasteiger partial charge in [0.1, 0.15) is 0 Å². The molecule has 0 saturated carbocycles. The number of allylic oxidation sites excluding steroid dienone is 6. The first-order valence-electron chi connectivity index (χ1n) is 4.98. The molecule has 0 heteroatoms. The Balaban J connectivity index is 2.32. The van der Waals surface area contributed by atoms with Crippen LogP contribution >= 0.6 is 0 Å². The number of rotatable bonds is 0. The lowest BCUT2D eigenvalue weighted by atomic mass is 10.1. The third-order valence-corrected chi connectivity index (χ3v) is 2.10. The monoisotopic (exact) mass is 162 g/mol. The summed E-state index contributed by atoms with van der Waals surface area (Å²) in [6, 6.07) is 0. The summed E-state index contributed by atoms with van der Waals surface area (Å²) in [5.74, 6) is 0. The third kappa shape index (κ3) is 4.95. The topological polar surface area (TPSA) is 0 Å². The fourth-order valence-corrected chi connectivity index (χ4v) is 1.36. The average Bonchev–Trinajstić information content (AvgIpc) is 2.05. The van der Waals surface area contributed by atoms with Gasteiger partial charge in [0.15, 0.2) is 0 Å². The van der Waals surface area contributed by atoms with Gasteiger partial charge in [0.25, 0.3) is 0 Å². The van der Waals surface area contributed by atoms with Gasteiger partial charge >= 0.3 is 0 Å². The van der Waals surface area contributed by atoms with Gasteiger partial charge in [-0.1, -0.05) is 49.3 Å². The van der Waals surface area contributed by atoms with Crippen LogP contribution in [-0.4, -0.2) is 0 Å². The molecule has 0 aliphatic heterocycles. The second-order valence-electron chi connectivity index (χ2n) is 3.23. The van der Waals surface area contributed by atoms with Crippen LogP contribution in [0.5, 0.6) is 0 Å². The maximum absolute atomic E-state index is 2.26. The van der Waals surface area contributed by atoms with Gasteiger partial charge < -0.3 is 0 Å². The molecular weight excluding hydrogens is 144 g/mol.